The monoisotopic (exact) mass is 291 g/mol. The highest BCUT2D eigenvalue weighted by molar-refractivity contribution is 6.02. The number of carbonyl (C=O) groups excluding carboxylic acids is 2. The molecule has 0 saturated carbocycles. The van der Waals surface area contributed by atoms with Gasteiger partial charge in [0.15, 0.2) is 0 Å². The fourth-order valence-corrected chi connectivity index (χ4v) is 1.41. The van der Waals surface area contributed by atoms with Crippen molar-refractivity contribution < 1.29 is 24.2 Å². The molecule has 0 atom stereocenters. The zero-order valence-electron chi connectivity index (χ0n) is 11.7. The lowest BCUT2D eigenvalue weighted by Crippen LogP contribution is -2.10. The predicted octanol–water partition coefficient (Wildman–Crippen LogP) is 2.22. The number of rotatable bonds is 7. The Bertz CT molecular complexity index is 533. The van der Waals surface area contributed by atoms with Crippen molar-refractivity contribution in [1.29, 1.82) is 0 Å². The molecule has 0 fully saturated rings. The number of anilines is 1. The quantitative estimate of drug-likeness (QED) is 0.456. The number of carboxylic acids is 1. The minimum absolute atomic E-state index is 0.383. The van der Waals surface area contributed by atoms with Crippen LogP contribution < -0.4 is 5.32 Å². The topological polar surface area (TPSA) is 92.7 Å². The molecule has 0 unspecified atom stereocenters. The highest BCUT2D eigenvalue weighted by Crippen LogP contribution is 2.11. The zero-order valence-corrected chi connectivity index (χ0v) is 11.7. The molecule has 21 heavy (non-hydrogen) atoms. The Balaban J connectivity index is 2.55. The third-order valence-corrected chi connectivity index (χ3v) is 2.50. The maximum absolute atomic E-state index is 11.6. The molecule has 1 aromatic carbocycles. The van der Waals surface area contributed by atoms with Crippen molar-refractivity contribution in [3.05, 3.63) is 42.0 Å². The molecule has 0 aliphatic rings. The van der Waals surface area contributed by atoms with E-state index in [4.69, 9.17) is 9.84 Å². The Morgan fingerprint density at radius 2 is 1.86 bits per heavy atom. The molecule has 6 nitrogen and oxygen atoms in total. The van der Waals surface area contributed by atoms with Gasteiger partial charge in [-0.05, 0) is 30.7 Å². The summed E-state index contributed by atoms with van der Waals surface area (Å²) in [7, 11) is 0. The van der Waals surface area contributed by atoms with Gasteiger partial charge in [-0.15, -0.1) is 0 Å². The molecular formula is C15H17NO5. The number of esters is 1. The van der Waals surface area contributed by atoms with Gasteiger partial charge in [0.25, 0.3) is 0 Å². The van der Waals surface area contributed by atoms with Crippen LogP contribution in [0, 0.1) is 0 Å². The average molecular weight is 291 g/mol. The van der Waals surface area contributed by atoms with Crippen molar-refractivity contribution >= 4 is 23.5 Å². The molecule has 0 aliphatic carbocycles. The minimum Gasteiger partial charge on any atom is -0.478 e. The summed E-state index contributed by atoms with van der Waals surface area (Å²) in [6, 6.07) is 6.15. The molecule has 1 aromatic rings. The molecule has 0 radical (unpaired) electrons. The van der Waals surface area contributed by atoms with Gasteiger partial charge >= 0.3 is 11.9 Å². The van der Waals surface area contributed by atoms with E-state index in [-0.39, 0.29) is 0 Å². The van der Waals surface area contributed by atoms with Gasteiger partial charge in [0.2, 0.25) is 5.91 Å². The second-order valence-corrected chi connectivity index (χ2v) is 4.23. The minimum atomic E-state index is -1.20. The first-order chi connectivity index (χ1) is 10.0. The first-order valence-electron chi connectivity index (χ1n) is 6.52. The number of benzene rings is 1. The highest BCUT2D eigenvalue weighted by Gasteiger charge is 2.07. The number of hydrogen-bond acceptors (Lipinski definition) is 4. The Morgan fingerprint density at radius 1 is 1.19 bits per heavy atom. The van der Waals surface area contributed by atoms with Crippen LogP contribution in [0.15, 0.2) is 36.4 Å². The first kappa shape index (κ1) is 16.4. The molecule has 6 heteroatoms. The van der Waals surface area contributed by atoms with Gasteiger partial charge in [0, 0.05) is 17.8 Å². The fraction of sp³-hybridized carbons (Fsp3) is 0.267. The zero-order chi connectivity index (χ0) is 15.7. The summed E-state index contributed by atoms with van der Waals surface area (Å²) in [5.74, 6) is -2.17. The van der Waals surface area contributed by atoms with Gasteiger partial charge < -0.3 is 15.2 Å². The predicted molar refractivity (Wildman–Crippen MR) is 77.0 cm³/mol. The van der Waals surface area contributed by atoms with Gasteiger partial charge in [0.05, 0.1) is 12.2 Å². The molecule has 0 saturated heterocycles. The molecule has 0 aliphatic heterocycles. The summed E-state index contributed by atoms with van der Waals surface area (Å²) in [6.07, 6.45) is 3.42. The van der Waals surface area contributed by atoms with Gasteiger partial charge in [0.1, 0.15) is 0 Å². The van der Waals surface area contributed by atoms with Gasteiger partial charge in [-0.1, -0.05) is 13.3 Å². The van der Waals surface area contributed by atoms with Gasteiger partial charge in [-0.25, -0.2) is 9.59 Å². The number of carbonyl (C=O) groups is 3. The van der Waals surface area contributed by atoms with E-state index >= 15 is 0 Å². The maximum Gasteiger partial charge on any atom is 0.338 e. The SMILES string of the molecule is CCCCOC(=O)c1ccc(NC(=O)C=CC(=O)O)cc1. The Morgan fingerprint density at radius 3 is 2.43 bits per heavy atom. The summed E-state index contributed by atoms with van der Waals surface area (Å²) < 4.78 is 5.05. The van der Waals surface area contributed by atoms with Crippen LogP contribution in [-0.2, 0) is 14.3 Å². The molecule has 0 bridgehead atoms. The maximum atomic E-state index is 11.6. The van der Waals surface area contributed by atoms with E-state index in [9.17, 15) is 14.4 Å². The number of ether oxygens (including phenoxy) is 1. The van der Waals surface area contributed by atoms with Crippen LogP contribution in [0.1, 0.15) is 30.1 Å². The molecule has 112 valence electrons. The molecule has 2 N–H and O–H groups in total. The van der Waals surface area contributed by atoms with E-state index in [0.717, 1.165) is 25.0 Å². The van der Waals surface area contributed by atoms with E-state index in [1.807, 2.05) is 6.92 Å². The Kier molecular flexibility index (Phi) is 6.67. The lowest BCUT2D eigenvalue weighted by atomic mass is 10.2. The van der Waals surface area contributed by atoms with E-state index in [1.165, 1.54) is 12.1 Å². The standard InChI is InChI=1S/C15H17NO5/c1-2-3-10-21-15(20)11-4-6-12(7-5-11)16-13(17)8-9-14(18)19/h4-9H,2-3,10H2,1H3,(H,16,17)(H,18,19). The number of hydrogen-bond donors (Lipinski definition) is 2. The largest absolute Gasteiger partial charge is 0.478 e. The van der Waals surface area contributed by atoms with Crippen molar-refractivity contribution in [3.8, 4) is 0 Å². The van der Waals surface area contributed by atoms with Gasteiger partial charge in [-0.2, -0.15) is 0 Å². The molecule has 0 heterocycles. The molecule has 0 aromatic heterocycles. The van der Waals surface area contributed by atoms with Crippen molar-refractivity contribution in [3.63, 3.8) is 0 Å². The van der Waals surface area contributed by atoms with E-state index in [0.29, 0.717) is 17.9 Å². The lowest BCUT2D eigenvalue weighted by Gasteiger charge is -2.05. The van der Waals surface area contributed by atoms with Crippen molar-refractivity contribution in [2.75, 3.05) is 11.9 Å². The summed E-state index contributed by atoms with van der Waals surface area (Å²) in [4.78, 5) is 33.3. The molecule has 1 rings (SSSR count). The van der Waals surface area contributed by atoms with Gasteiger partial charge in [-0.3, -0.25) is 4.79 Å². The van der Waals surface area contributed by atoms with Crippen molar-refractivity contribution in [1.82, 2.24) is 0 Å². The lowest BCUT2D eigenvalue weighted by molar-refractivity contribution is -0.131. The normalized spacial score (nSPS) is 10.3. The van der Waals surface area contributed by atoms with Crippen molar-refractivity contribution in [2.45, 2.75) is 19.8 Å². The average Bonchev–Trinajstić information content (AvgIpc) is 2.46. The third-order valence-electron chi connectivity index (χ3n) is 2.50. The van der Waals surface area contributed by atoms with Crippen LogP contribution >= 0.6 is 0 Å². The fourth-order valence-electron chi connectivity index (χ4n) is 1.41. The van der Waals surface area contributed by atoms with Crippen LogP contribution in [0.25, 0.3) is 0 Å². The number of nitrogens with one attached hydrogen (secondary N) is 1. The summed E-state index contributed by atoms with van der Waals surface area (Å²) in [5.41, 5.74) is 0.852. The number of aliphatic carboxylic acids is 1. The summed E-state index contributed by atoms with van der Waals surface area (Å²) in [5, 5.41) is 10.9. The second-order valence-electron chi connectivity index (χ2n) is 4.23. The van der Waals surface area contributed by atoms with Crippen LogP contribution in [0.3, 0.4) is 0 Å². The summed E-state index contributed by atoms with van der Waals surface area (Å²) >= 11 is 0. The number of unbranched alkanes of at least 4 members (excludes halogenated alkanes) is 1. The van der Waals surface area contributed by atoms with Crippen LogP contribution in [0.5, 0.6) is 0 Å². The number of amides is 1. The van der Waals surface area contributed by atoms with Crippen LogP contribution in [0.4, 0.5) is 5.69 Å². The van der Waals surface area contributed by atoms with Crippen molar-refractivity contribution in [2.24, 2.45) is 0 Å². The second kappa shape index (κ2) is 8.52. The summed E-state index contributed by atoms with van der Waals surface area (Å²) in [6.45, 7) is 2.39. The molecule has 1 amide bonds. The Labute approximate surface area is 122 Å². The third kappa shape index (κ3) is 6.38. The van der Waals surface area contributed by atoms with E-state index in [1.54, 1.807) is 12.1 Å². The van der Waals surface area contributed by atoms with Crippen LogP contribution in [-0.4, -0.2) is 29.6 Å². The molecular weight excluding hydrogens is 274 g/mol. The van der Waals surface area contributed by atoms with Crippen LogP contribution in [0.2, 0.25) is 0 Å². The Hall–Kier alpha value is -2.63. The first-order valence-corrected chi connectivity index (χ1v) is 6.52. The van der Waals surface area contributed by atoms with E-state index < -0.39 is 17.8 Å². The van der Waals surface area contributed by atoms with E-state index in [2.05, 4.69) is 5.32 Å². The molecule has 0 spiro atoms. The number of carboxylic acid groups (broad SMARTS) is 1. The smallest absolute Gasteiger partial charge is 0.338 e. The highest BCUT2D eigenvalue weighted by atomic mass is 16.5.